The van der Waals surface area contributed by atoms with Gasteiger partial charge in [0, 0.05) is 6.04 Å². The number of hydrogen-bond acceptors (Lipinski definition) is 2. The zero-order chi connectivity index (χ0) is 11.9. The van der Waals surface area contributed by atoms with Gasteiger partial charge in [0.2, 0.25) is 0 Å². The van der Waals surface area contributed by atoms with Crippen LogP contribution in [-0.2, 0) is 4.79 Å². The van der Waals surface area contributed by atoms with Crippen LogP contribution in [0.5, 0.6) is 0 Å². The molecule has 1 N–H and O–H groups in total. The van der Waals surface area contributed by atoms with Crippen molar-refractivity contribution in [2.24, 2.45) is 5.92 Å². The SMILES string of the molecule is O=C(O)C(C1CC1)N(CC(F)(F)F)C1CC1. The van der Waals surface area contributed by atoms with E-state index in [0.29, 0.717) is 12.8 Å². The third kappa shape index (κ3) is 2.87. The number of carboxylic acid groups (broad SMARTS) is 1. The minimum Gasteiger partial charge on any atom is -0.480 e. The molecule has 0 bridgehead atoms. The maximum Gasteiger partial charge on any atom is 0.401 e. The largest absolute Gasteiger partial charge is 0.480 e. The molecule has 1 atom stereocenters. The summed E-state index contributed by atoms with van der Waals surface area (Å²) in [6.07, 6.45) is -1.47. The van der Waals surface area contributed by atoms with Crippen LogP contribution in [0.25, 0.3) is 0 Å². The lowest BCUT2D eigenvalue weighted by Gasteiger charge is -2.29. The minimum atomic E-state index is -4.31. The average Bonchev–Trinajstić information content (AvgIpc) is 2.97. The van der Waals surface area contributed by atoms with Crippen molar-refractivity contribution in [2.45, 2.75) is 43.9 Å². The molecule has 0 amide bonds. The lowest BCUT2D eigenvalue weighted by molar-refractivity contribution is -0.164. The van der Waals surface area contributed by atoms with E-state index in [2.05, 4.69) is 0 Å². The van der Waals surface area contributed by atoms with E-state index in [0.717, 1.165) is 17.7 Å². The molecule has 1 unspecified atom stereocenters. The number of nitrogens with zero attached hydrogens (tertiary/aromatic N) is 1. The van der Waals surface area contributed by atoms with Gasteiger partial charge in [-0.25, -0.2) is 0 Å². The molecule has 0 aliphatic heterocycles. The number of halogens is 3. The number of hydrogen-bond donors (Lipinski definition) is 1. The van der Waals surface area contributed by atoms with E-state index in [1.807, 2.05) is 0 Å². The average molecular weight is 237 g/mol. The molecule has 2 fully saturated rings. The summed E-state index contributed by atoms with van der Waals surface area (Å²) in [6, 6.07) is -1.11. The van der Waals surface area contributed by atoms with Gasteiger partial charge in [-0.3, -0.25) is 9.69 Å². The van der Waals surface area contributed by atoms with Gasteiger partial charge >= 0.3 is 12.1 Å². The molecule has 16 heavy (non-hydrogen) atoms. The third-order valence-corrected chi connectivity index (χ3v) is 3.06. The molecule has 0 spiro atoms. The van der Waals surface area contributed by atoms with Crippen LogP contribution in [0.1, 0.15) is 25.7 Å². The first kappa shape index (κ1) is 11.7. The molecule has 0 heterocycles. The molecule has 2 rings (SSSR count). The lowest BCUT2D eigenvalue weighted by atomic mass is 10.1. The number of carbonyl (C=O) groups is 1. The summed E-state index contributed by atoms with van der Waals surface area (Å²) in [4.78, 5) is 12.2. The second-order valence-electron chi connectivity index (χ2n) is 4.64. The zero-order valence-electron chi connectivity index (χ0n) is 8.70. The van der Waals surface area contributed by atoms with E-state index in [4.69, 9.17) is 5.11 Å². The predicted octanol–water partition coefficient (Wildman–Crippen LogP) is 1.88. The van der Waals surface area contributed by atoms with Gasteiger partial charge < -0.3 is 5.11 Å². The maximum absolute atomic E-state index is 12.4. The summed E-state index contributed by atoms with van der Waals surface area (Å²) in [7, 11) is 0. The van der Waals surface area contributed by atoms with Crippen molar-refractivity contribution in [3.8, 4) is 0 Å². The molecule has 0 saturated heterocycles. The molecular formula is C10H14F3NO2. The lowest BCUT2D eigenvalue weighted by Crippen LogP contribution is -2.48. The van der Waals surface area contributed by atoms with Crippen molar-refractivity contribution in [3.63, 3.8) is 0 Å². The van der Waals surface area contributed by atoms with Crippen molar-refractivity contribution in [1.29, 1.82) is 0 Å². The molecule has 2 aliphatic rings. The topological polar surface area (TPSA) is 40.5 Å². The summed E-state index contributed by atoms with van der Waals surface area (Å²) >= 11 is 0. The Morgan fingerprint density at radius 1 is 1.31 bits per heavy atom. The Kier molecular flexibility index (Phi) is 2.86. The molecule has 0 aromatic carbocycles. The first-order valence-electron chi connectivity index (χ1n) is 5.44. The van der Waals surface area contributed by atoms with Gasteiger partial charge in [-0.2, -0.15) is 13.2 Å². The quantitative estimate of drug-likeness (QED) is 0.793. The number of alkyl halides is 3. The summed E-state index contributed by atoms with van der Waals surface area (Å²) in [5.74, 6) is -1.20. The zero-order valence-corrected chi connectivity index (χ0v) is 8.70. The first-order chi connectivity index (χ1) is 7.38. The van der Waals surface area contributed by atoms with Crippen molar-refractivity contribution in [3.05, 3.63) is 0 Å². The molecule has 92 valence electrons. The maximum atomic E-state index is 12.4. The van der Waals surface area contributed by atoms with Crippen LogP contribution in [0.3, 0.4) is 0 Å². The van der Waals surface area contributed by atoms with Gasteiger partial charge in [0.05, 0.1) is 6.54 Å². The highest BCUT2D eigenvalue weighted by atomic mass is 19.4. The molecular weight excluding hydrogens is 223 g/mol. The van der Waals surface area contributed by atoms with Gasteiger partial charge in [-0.1, -0.05) is 0 Å². The van der Waals surface area contributed by atoms with E-state index in [1.54, 1.807) is 0 Å². The molecule has 2 saturated carbocycles. The van der Waals surface area contributed by atoms with Crippen LogP contribution in [0.15, 0.2) is 0 Å². The molecule has 6 heteroatoms. The van der Waals surface area contributed by atoms with E-state index in [-0.39, 0.29) is 12.0 Å². The van der Waals surface area contributed by atoms with Crippen molar-refractivity contribution in [2.75, 3.05) is 6.54 Å². The van der Waals surface area contributed by atoms with Crippen LogP contribution >= 0.6 is 0 Å². The number of carboxylic acids is 1. The Balaban J connectivity index is 2.07. The number of aliphatic carboxylic acids is 1. The Morgan fingerprint density at radius 2 is 1.88 bits per heavy atom. The smallest absolute Gasteiger partial charge is 0.401 e. The normalized spacial score (nSPS) is 23.5. The fraction of sp³-hybridized carbons (Fsp3) is 0.900. The second-order valence-corrected chi connectivity index (χ2v) is 4.64. The highest BCUT2D eigenvalue weighted by Gasteiger charge is 2.48. The van der Waals surface area contributed by atoms with Crippen LogP contribution in [0.2, 0.25) is 0 Å². The Morgan fingerprint density at radius 3 is 2.19 bits per heavy atom. The fourth-order valence-corrected chi connectivity index (χ4v) is 2.09. The van der Waals surface area contributed by atoms with E-state index >= 15 is 0 Å². The summed E-state index contributed by atoms with van der Waals surface area (Å²) in [5, 5.41) is 9.02. The Hall–Kier alpha value is -0.780. The molecule has 3 nitrogen and oxygen atoms in total. The number of rotatable bonds is 5. The fourth-order valence-electron chi connectivity index (χ4n) is 2.09. The monoisotopic (exact) mass is 237 g/mol. The van der Waals surface area contributed by atoms with Crippen molar-refractivity contribution >= 4 is 5.97 Å². The van der Waals surface area contributed by atoms with Gasteiger partial charge in [-0.05, 0) is 31.6 Å². The van der Waals surface area contributed by atoms with Crippen molar-refractivity contribution < 1.29 is 23.1 Å². The van der Waals surface area contributed by atoms with Crippen LogP contribution in [-0.4, -0.2) is 40.8 Å². The van der Waals surface area contributed by atoms with Crippen LogP contribution < -0.4 is 0 Å². The highest BCUT2D eigenvalue weighted by molar-refractivity contribution is 5.74. The molecule has 0 radical (unpaired) electrons. The predicted molar refractivity (Wildman–Crippen MR) is 49.9 cm³/mol. The van der Waals surface area contributed by atoms with Gasteiger partial charge in [0.15, 0.2) is 0 Å². The van der Waals surface area contributed by atoms with Crippen LogP contribution in [0, 0.1) is 5.92 Å². The summed E-state index contributed by atoms with van der Waals surface area (Å²) < 4.78 is 37.1. The van der Waals surface area contributed by atoms with Crippen molar-refractivity contribution in [1.82, 2.24) is 4.90 Å². The van der Waals surface area contributed by atoms with Gasteiger partial charge in [0.1, 0.15) is 6.04 Å². The molecule has 0 aromatic rings. The minimum absolute atomic E-state index is 0.0829. The van der Waals surface area contributed by atoms with E-state index in [9.17, 15) is 18.0 Å². The first-order valence-corrected chi connectivity index (χ1v) is 5.44. The second kappa shape index (κ2) is 3.91. The molecule has 0 aromatic heterocycles. The molecule has 2 aliphatic carbocycles. The summed E-state index contributed by atoms with van der Waals surface area (Å²) in [5.41, 5.74) is 0. The van der Waals surface area contributed by atoms with E-state index in [1.165, 1.54) is 0 Å². The van der Waals surface area contributed by atoms with Gasteiger partial charge in [0.25, 0.3) is 0 Å². The highest BCUT2D eigenvalue weighted by Crippen LogP contribution is 2.41. The van der Waals surface area contributed by atoms with E-state index < -0.39 is 24.7 Å². The third-order valence-electron chi connectivity index (χ3n) is 3.06. The standard InChI is InChI=1S/C10H14F3NO2/c11-10(12,13)5-14(7-3-4-7)8(9(15)16)6-1-2-6/h6-8H,1-5H2,(H,15,16). The van der Waals surface area contributed by atoms with Gasteiger partial charge in [-0.15, -0.1) is 0 Å². The summed E-state index contributed by atoms with van der Waals surface area (Å²) in [6.45, 7) is -1.09. The Bertz CT molecular complexity index is 284. The van der Waals surface area contributed by atoms with Crippen LogP contribution in [0.4, 0.5) is 13.2 Å². The Labute approximate surface area is 91.2 Å².